The van der Waals surface area contributed by atoms with Gasteiger partial charge in [-0.25, -0.2) is 0 Å². The van der Waals surface area contributed by atoms with Crippen molar-refractivity contribution in [3.63, 3.8) is 0 Å². The molecule has 0 heterocycles. The first kappa shape index (κ1) is 15.1. The maximum absolute atomic E-state index is 12.0. The number of rotatable bonds is 4. The summed E-state index contributed by atoms with van der Waals surface area (Å²) in [7, 11) is 1.70. The van der Waals surface area contributed by atoms with Gasteiger partial charge in [0.25, 0.3) is 5.69 Å². The van der Waals surface area contributed by atoms with Crippen molar-refractivity contribution in [2.75, 3.05) is 12.4 Å². The van der Waals surface area contributed by atoms with Crippen LogP contribution < -0.4 is 10.6 Å². The largest absolute Gasteiger partial charge is 0.324 e. The standard InChI is InChI=1S/C13H19N3O3/c1-8-7-11(16(18)19)9(2)6-10(8)15-12(17)13(3,4)14-5/h6-7,14H,1-5H3,(H,15,17). The summed E-state index contributed by atoms with van der Waals surface area (Å²) in [5.41, 5.74) is 1.13. The Bertz CT molecular complexity index is 524. The van der Waals surface area contributed by atoms with Crippen LogP contribution in [0.25, 0.3) is 0 Å². The normalized spacial score (nSPS) is 11.2. The van der Waals surface area contributed by atoms with E-state index in [2.05, 4.69) is 10.6 Å². The van der Waals surface area contributed by atoms with Gasteiger partial charge in [-0.15, -0.1) is 0 Å². The Morgan fingerprint density at radius 1 is 1.26 bits per heavy atom. The molecule has 104 valence electrons. The number of nitro benzene ring substituents is 1. The summed E-state index contributed by atoms with van der Waals surface area (Å²) in [6, 6.07) is 3.09. The Balaban J connectivity index is 3.08. The number of carbonyl (C=O) groups is 1. The number of nitrogens with zero attached hydrogens (tertiary/aromatic N) is 1. The monoisotopic (exact) mass is 265 g/mol. The molecule has 0 spiro atoms. The van der Waals surface area contributed by atoms with E-state index in [1.807, 2.05) is 0 Å². The molecule has 2 N–H and O–H groups in total. The molecule has 0 radical (unpaired) electrons. The predicted molar refractivity (Wildman–Crippen MR) is 74.3 cm³/mol. The van der Waals surface area contributed by atoms with E-state index in [1.54, 1.807) is 40.8 Å². The summed E-state index contributed by atoms with van der Waals surface area (Å²) < 4.78 is 0. The third-order valence-electron chi connectivity index (χ3n) is 3.18. The fraction of sp³-hybridized carbons (Fsp3) is 0.462. The van der Waals surface area contributed by atoms with E-state index in [-0.39, 0.29) is 11.6 Å². The topological polar surface area (TPSA) is 84.3 Å². The number of hydrogen-bond acceptors (Lipinski definition) is 4. The SMILES string of the molecule is CNC(C)(C)C(=O)Nc1cc(C)c([N+](=O)[O-])cc1C. The third kappa shape index (κ3) is 3.29. The summed E-state index contributed by atoms with van der Waals surface area (Å²) in [6.07, 6.45) is 0. The molecule has 0 aliphatic carbocycles. The molecule has 0 aliphatic rings. The Labute approximate surface area is 112 Å². The van der Waals surface area contributed by atoms with Crippen LogP contribution in [0.4, 0.5) is 11.4 Å². The van der Waals surface area contributed by atoms with Crippen molar-refractivity contribution in [3.8, 4) is 0 Å². The Morgan fingerprint density at radius 3 is 2.32 bits per heavy atom. The number of aryl methyl sites for hydroxylation is 2. The van der Waals surface area contributed by atoms with E-state index in [0.717, 1.165) is 0 Å². The van der Waals surface area contributed by atoms with Crippen LogP contribution in [0.1, 0.15) is 25.0 Å². The zero-order valence-electron chi connectivity index (χ0n) is 11.8. The van der Waals surface area contributed by atoms with Gasteiger partial charge in [-0.05, 0) is 46.4 Å². The van der Waals surface area contributed by atoms with Gasteiger partial charge >= 0.3 is 0 Å². The van der Waals surface area contributed by atoms with Gasteiger partial charge < -0.3 is 10.6 Å². The molecule has 1 aromatic carbocycles. The fourth-order valence-electron chi connectivity index (χ4n) is 1.52. The molecule has 1 amide bonds. The summed E-state index contributed by atoms with van der Waals surface area (Å²) in [6.45, 7) is 6.90. The van der Waals surface area contributed by atoms with Gasteiger partial charge in [0, 0.05) is 17.3 Å². The molecule has 0 bridgehead atoms. The van der Waals surface area contributed by atoms with Gasteiger partial charge in [-0.3, -0.25) is 14.9 Å². The van der Waals surface area contributed by atoms with E-state index in [1.165, 1.54) is 6.07 Å². The number of nitro groups is 1. The molecular weight excluding hydrogens is 246 g/mol. The molecule has 6 nitrogen and oxygen atoms in total. The highest BCUT2D eigenvalue weighted by Gasteiger charge is 2.26. The lowest BCUT2D eigenvalue weighted by Gasteiger charge is -2.23. The smallest absolute Gasteiger partial charge is 0.272 e. The van der Waals surface area contributed by atoms with Crippen LogP contribution in [0.15, 0.2) is 12.1 Å². The number of benzene rings is 1. The molecule has 0 unspecified atom stereocenters. The molecule has 0 atom stereocenters. The minimum atomic E-state index is -0.706. The second kappa shape index (κ2) is 5.36. The zero-order valence-corrected chi connectivity index (χ0v) is 11.8. The maximum Gasteiger partial charge on any atom is 0.272 e. The van der Waals surface area contributed by atoms with Gasteiger partial charge in [0.1, 0.15) is 0 Å². The minimum absolute atomic E-state index is 0.0587. The van der Waals surface area contributed by atoms with Crippen molar-refractivity contribution in [2.24, 2.45) is 0 Å². The molecule has 0 saturated carbocycles. The van der Waals surface area contributed by atoms with E-state index in [0.29, 0.717) is 16.8 Å². The lowest BCUT2D eigenvalue weighted by atomic mass is 10.0. The van der Waals surface area contributed by atoms with Crippen molar-refractivity contribution in [1.29, 1.82) is 0 Å². The highest BCUT2D eigenvalue weighted by atomic mass is 16.6. The van der Waals surface area contributed by atoms with Crippen LogP contribution in [-0.4, -0.2) is 23.4 Å². The number of amides is 1. The first-order chi connectivity index (χ1) is 8.69. The average Bonchev–Trinajstić information content (AvgIpc) is 2.32. The second-order valence-electron chi connectivity index (χ2n) is 5.04. The van der Waals surface area contributed by atoms with E-state index in [4.69, 9.17) is 0 Å². The van der Waals surface area contributed by atoms with Gasteiger partial charge in [0.05, 0.1) is 10.5 Å². The average molecular weight is 265 g/mol. The van der Waals surface area contributed by atoms with E-state index in [9.17, 15) is 14.9 Å². The summed E-state index contributed by atoms with van der Waals surface area (Å²) in [5.74, 6) is -0.189. The van der Waals surface area contributed by atoms with Crippen LogP contribution in [-0.2, 0) is 4.79 Å². The van der Waals surface area contributed by atoms with Crippen LogP contribution in [0.2, 0.25) is 0 Å². The third-order valence-corrected chi connectivity index (χ3v) is 3.18. The molecule has 0 saturated heterocycles. The van der Waals surface area contributed by atoms with Gasteiger partial charge in [0.15, 0.2) is 0 Å². The lowest BCUT2D eigenvalue weighted by molar-refractivity contribution is -0.385. The Hall–Kier alpha value is -1.95. The molecule has 0 aliphatic heterocycles. The molecule has 0 fully saturated rings. The molecular formula is C13H19N3O3. The molecule has 19 heavy (non-hydrogen) atoms. The quantitative estimate of drug-likeness (QED) is 0.645. The lowest BCUT2D eigenvalue weighted by Crippen LogP contribution is -2.48. The molecule has 0 aromatic heterocycles. The Kier molecular flexibility index (Phi) is 4.26. The molecule has 1 rings (SSSR count). The number of hydrogen-bond donors (Lipinski definition) is 2. The zero-order chi connectivity index (χ0) is 14.8. The highest BCUT2D eigenvalue weighted by molar-refractivity contribution is 5.98. The van der Waals surface area contributed by atoms with Crippen molar-refractivity contribution in [3.05, 3.63) is 33.4 Å². The number of anilines is 1. The summed E-state index contributed by atoms with van der Waals surface area (Å²) in [4.78, 5) is 22.4. The van der Waals surface area contributed by atoms with Crippen LogP contribution in [0, 0.1) is 24.0 Å². The maximum atomic E-state index is 12.0. The van der Waals surface area contributed by atoms with Gasteiger partial charge in [-0.2, -0.15) is 0 Å². The van der Waals surface area contributed by atoms with Crippen molar-refractivity contribution in [2.45, 2.75) is 33.2 Å². The first-order valence-corrected chi connectivity index (χ1v) is 5.95. The highest BCUT2D eigenvalue weighted by Crippen LogP contribution is 2.26. The predicted octanol–water partition coefficient (Wildman–Crippen LogP) is 2.15. The fourth-order valence-corrected chi connectivity index (χ4v) is 1.52. The molecule has 1 aromatic rings. The Morgan fingerprint density at radius 2 is 1.84 bits per heavy atom. The van der Waals surface area contributed by atoms with Crippen LogP contribution in [0.5, 0.6) is 0 Å². The van der Waals surface area contributed by atoms with Crippen molar-refractivity contribution >= 4 is 17.3 Å². The van der Waals surface area contributed by atoms with Crippen molar-refractivity contribution < 1.29 is 9.72 Å². The van der Waals surface area contributed by atoms with Gasteiger partial charge in [0.2, 0.25) is 5.91 Å². The number of nitrogens with one attached hydrogen (secondary N) is 2. The molecule has 6 heteroatoms. The van der Waals surface area contributed by atoms with Crippen LogP contribution in [0.3, 0.4) is 0 Å². The van der Waals surface area contributed by atoms with E-state index < -0.39 is 10.5 Å². The van der Waals surface area contributed by atoms with Crippen molar-refractivity contribution in [1.82, 2.24) is 5.32 Å². The number of carbonyl (C=O) groups excluding carboxylic acids is 1. The van der Waals surface area contributed by atoms with E-state index >= 15 is 0 Å². The minimum Gasteiger partial charge on any atom is -0.324 e. The summed E-state index contributed by atoms with van der Waals surface area (Å²) in [5, 5.41) is 16.5. The first-order valence-electron chi connectivity index (χ1n) is 5.95. The van der Waals surface area contributed by atoms with Gasteiger partial charge in [-0.1, -0.05) is 0 Å². The van der Waals surface area contributed by atoms with Crippen LogP contribution >= 0.6 is 0 Å². The summed E-state index contributed by atoms with van der Waals surface area (Å²) >= 11 is 0. The number of likely N-dealkylation sites (N-methyl/N-ethyl adjacent to an activating group) is 1. The second-order valence-corrected chi connectivity index (χ2v) is 5.04.